The number of nitrogens with zero attached hydrogens (tertiary/aromatic N) is 3. The van der Waals surface area contributed by atoms with E-state index >= 15 is 0 Å². The highest BCUT2D eigenvalue weighted by atomic mass is 35.5. The molecule has 1 aromatic heterocycles. The van der Waals surface area contributed by atoms with E-state index in [0.29, 0.717) is 0 Å². The summed E-state index contributed by atoms with van der Waals surface area (Å²) in [7, 11) is 4.01. The zero-order valence-corrected chi connectivity index (χ0v) is 9.94. The van der Waals surface area contributed by atoms with Crippen LogP contribution in [0, 0.1) is 0 Å². The lowest BCUT2D eigenvalue weighted by molar-refractivity contribution is 1.13. The van der Waals surface area contributed by atoms with Crippen LogP contribution in [-0.2, 0) is 0 Å². The van der Waals surface area contributed by atoms with Gasteiger partial charge in [0.05, 0.1) is 5.69 Å². The van der Waals surface area contributed by atoms with Crippen LogP contribution in [0.3, 0.4) is 0 Å². The molecule has 0 spiro atoms. The van der Waals surface area contributed by atoms with E-state index in [1.807, 2.05) is 43.3 Å². The minimum Gasteiger partial charge on any atom is -0.378 e. The topological polar surface area (TPSA) is 29.0 Å². The molecule has 0 N–H and O–H groups in total. The summed E-state index contributed by atoms with van der Waals surface area (Å²) >= 11 is 5.76. The average Bonchev–Trinajstić information content (AvgIpc) is 2.29. The second-order valence-corrected chi connectivity index (χ2v) is 3.99. The Kier molecular flexibility index (Phi) is 3.06. The van der Waals surface area contributed by atoms with E-state index in [1.54, 1.807) is 6.20 Å². The van der Waals surface area contributed by atoms with Crippen LogP contribution in [0.15, 0.2) is 36.5 Å². The van der Waals surface area contributed by atoms with Crippen molar-refractivity contribution in [3.8, 4) is 11.3 Å². The van der Waals surface area contributed by atoms with Crippen LogP contribution < -0.4 is 4.90 Å². The molecule has 0 atom stereocenters. The molecule has 0 aliphatic carbocycles. The SMILES string of the molecule is CN(C)c1cccc(-c2ccnc(Cl)n2)c1. The summed E-state index contributed by atoms with van der Waals surface area (Å²) in [5.74, 6) is 0. The molecule has 0 unspecified atom stereocenters. The van der Waals surface area contributed by atoms with Crippen molar-refractivity contribution in [2.45, 2.75) is 0 Å². The molecule has 2 aromatic rings. The molecule has 0 saturated heterocycles. The smallest absolute Gasteiger partial charge is 0.222 e. The second-order valence-electron chi connectivity index (χ2n) is 3.66. The van der Waals surface area contributed by atoms with E-state index in [4.69, 9.17) is 11.6 Å². The van der Waals surface area contributed by atoms with Crippen LogP contribution in [0.5, 0.6) is 0 Å². The molecule has 1 aromatic carbocycles. The molecule has 0 saturated carbocycles. The van der Waals surface area contributed by atoms with E-state index in [0.717, 1.165) is 16.9 Å². The Hall–Kier alpha value is -1.61. The molecule has 0 aliphatic heterocycles. The van der Waals surface area contributed by atoms with Crippen molar-refractivity contribution in [1.29, 1.82) is 0 Å². The summed E-state index contributed by atoms with van der Waals surface area (Å²) in [5.41, 5.74) is 3.01. The average molecular weight is 234 g/mol. The van der Waals surface area contributed by atoms with Gasteiger partial charge in [0.25, 0.3) is 0 Å². The van der Waals surface area contributed by atoms with Crippen LogP contribution in [0.2, 0.25) is 5.28 Å². The fraction of sp³-hybridized carbons (Fsp3) is 0.167. The highest BCUT2D eigenvalue weighted by Crippen LogP contribution is 2.22. The Labute approximate surface area is 99.7 Å². The number of hydrogen-bond acceptors (Lipinski definition) is 3. The normalized spacial score (nSPS) is 10.2. The Bertz CT molecular complexity index is 497. The maximum atomic E-state index is 5.76. The van der Waals surface area contributed by atoms with Gasteiger partial charge in [-0.15, -0.1) is 0 Å². The summed E-state index contributed by atoms with van der Waals surface area (Å²) in [6, 6.07) is 9.97. The molecule has 0 bridgehead atoms. The standard InChI is InChI=1S/C12H12ClN3/c1-16(2)10-5-3-4-9(8-10)11-6-7-14-12(13)15-11/h3-8H,1-2H3. The van der Waals surface area contributed by atoms with Crippen LogP contribution in [0.4, 0.5) is 5.69 Å². The second kappa shape index (κ2) is 4.49. The first-order valence-corrected chi connectivity index (χ1v) is 5.31. The van der Waals surface area contributed by atoms with Gasteiger partial charge in [0.15, 0.2) is 0 Å². The molecule has 3 nitrogen and oxygen atoms in total. The highest BCUT2D eigenvalue weighted by Gasteiger charge is 2.02. The van der Waals surface area contributed by atoms with Gasteiger partial charge < -0.3 is 4.90 Å². The molecule has 0 amide bonds. The van der Waals surface area contributed by atoms with E-state index in [-0.39, 0.29) is 5.28 Å². The number of rotatable bonds is 2. The first-order chi connectivity index (χ1) is 7.66. The third kappa shape index (κ3) is 2.31. The predicted molar refractivity (Wildman–Crippen MR) is 66.8 cm³/mol. The monoisotopic (exact) mass is 233 g/mol. The van der Waals surface area contributed by atoms with Crippen molar-refractivity contribution in [1.82, 2.24) is 9.97 Å². The molecule has 2 rings (SSSR count). The third-order valence-electron chi connectivity index (χ3n) is 2.28. The Morgan fingerprint density at radius 2 is 2.00 bits per heavy atom. The van der Waals surface area contributed by atoms with Crippen LogP contribution >= 0.6 is 11.6 Å². The van der Waals surface area contributed by atoms with Crippen LogP contribution in [0.1, 0.15) is 0 Å². The lowest BCUT2D eigenvalue weighted by Crippen LogP contribution is -2.08. The molecule has 4 heteroatoms. The van der Waals surface area contributed by atoms with Crippen LogP contribution in [-0.4, -0.2) is 24.1 Å². The van der Waals surface area contributed by atoms with Crippen molar-refractivity contribution in [3.63, 3.8) is 0 Å². The number of halogens is 1. The van der Waals surface area contributed by atoms with E-state index in [2.05, 4.69) is 16.0 Å². The van der Waals surface area contributed by atoms with Gasteiger partial charge in [-0.05, 0) is 29.8 Å². The van der Waals surface area contributed by atoms with Crippen molar-refractivity contribution < 1.29 is 0 Å². The van der Waals surface area contributed by atoms with E-state index in [1.165, 1.54) is 0 Å². The zero-order valence-electron chi connectivity index (χ0n) is 9.18. The first kappa shape index (κ1) is 10.9. The van der Waals surface area contributed by atoms with Crippen molar-refractivity contribution >= 4 is 17.3 Å². The summed E-state index contributed by atoms with van der Waals surface area (Å²) in [6.07, 6.45) is 1.66. The Balaban J connectivity index is 2.44. The lowest BCUT2D eigenvalue weighted by Gasteiger charge is -2.13. The van der Waals surface area contributed by atoms with Gasteiger partial charge in [0, 0.05) is 31.5 Å². The highest BCUT2D eigenvalue weighted by molar-refractivity contribution is 6.28. The quantitative estimate of drug-likeness (QED) is 0.747. The van der Waals surface area contributed by atoms with Crippen molar-refractivity contribution in [3.05, 3.63) is 41.8 Å². The molecular weight excluding hydrogens is 222 g/mol. The molecule has 1 heterocycles. The van der Waals surface area contributed by atoms with Gasteiger partial charge in [-0.1, -0.05) is 12.1 Å². The van der Waals surface area contributed by atoms with E-state index < -0.39 is 0 Å². The molecule has 0 radical (unpaired) electrons. The largest absolute Gasteiger partial charge is 0.378 e. The van der Waals surface area contributed by atoms with Gasteiger partial charge in [0.2, 0.25) is 5.28 Å². The minimum absolute atomic E-state index is 0.271. The van der Waals surface area contributed by atoms with Gasteiger partial charge in [-0.3, -0.25) is 0 Å². The number of anilines is 1. The first-order valence-electron chi connectivity index (χ1n) is 4.93. The Morgan fingerprint density at radius 1 is 1.19 bits per heavy atom. The molecule has 0 aliphatic rings. The van der Waals surface area contributed by atoms with Gasteiger partial charge >= 0.3 is 0 Å². The summed E-state index contributed by atoms with van der Waals surface area (Å²) in [6.45, 7) is 0. The fourth-order valence-electron chi connectivity index (χ4n) is 1.44. The molecular formula is C12H12ClN3. The summed E-state index contributed by atoms with van der Waals surface area (Å²) < 4.78 is 0. The number of aromatic nitrogens is 2. The fourth-order valence-corrected chi connectivity index (χ4v) is 1.59. The third-order valence-corrected chi connectivity index (χ3v) is 2.47. The summed E-state index contributed by atoms with van der Waals surface area (Å²) in [4.78, 5) is 10.1. The van der Waals surface area contributed by atoms with Crippen molar-refractivity contribution in [2.24, 2.45) is 0 Å². The lowest BCUT2D eigenvalue weighted by atomic mass is 10.1. The van der Waals surface area contributed by atoms with Gasteiger partial charge in [0.1, 0.15) is 0 Å². The van der Waals surface area contributed by atoms with Gasteiger partial charge in [-0.25, -0.2) is 9.97 Å². The zero-order chi connectivity index (χ0) is 11.5. The van der Waals surface area contributed by atoms with Crippen LogP contribution in [0.25, 0.3) is 11.3 Å². The number of hydrogen-bond donors (Lipinski definition) is 0. The van der Waals surface area contributed by atoms with Crippen molar-refractivity contribution in [2.75, 3.05) is 19.0 Å². The predicted octanol–water partition coefficient (Wildman–Crippen LogP) is 2.86. The van der Waals surface area contributed by atoms with Gasteiger partial charge in [-0.2, -0.15) is 0 Å². The maximum Gasteiger partial charge on any atom is 0.222 e. The minimum atomic E-state index is 0.271. The Morgan fingerprint density at radius 3 is 2.69 bits per heavy atom. The molecule has 0 fully saturated rings. The maximum absolute atomic E-state index is 5.76. The molecule has 16 heavy (non-hydrogen) atoms. The van der Waals surface area contributed by atoms with E-state index in [9.17, 15) is 0 Å². The molecule has 82 valence electrons. The summed E-state index contributed by atoms with van der Waals surface area (Å²) in [5, 5.41) is 0.271. The number of benzene rings is 1.